The fourth-order valence-electron chi connectivity index (χ4n) is 1.32. The van der Waals surface area contributed by atoms with Crippen LogP contribution in [-0.2, 0) is 0 Å². The second kappa shape index (κ2) is 4.73. The third kappa shape index (κ3) is 2.65. The first-order chi connectivity index (χ1) is 7.84. The van der Waals surface area contributed by atoms with E-state index in [9.17, 15) is 23.7 Å². The molecule has 92 valence electrons. The van der Waals surface area contributed by atoms with Gasteiger partial charge in [0, 0.05) is 5.56 Å². The van der Waals surface area contributed by atoms with Crippen molar-refractivity contribution in [3.05, 3.63) is 33.4 Å². The summed E-state index contributed by atoms with van der Waals surface area (Å²) in [6, 6.07) is 1.81. The molecule has 0 bridgehead atoms. The van der Waals surface area contributed by atoms with E-state index < -0.39 is 28.9 Å². The van der Waals surface area contributed by atoms with Crippen molar-refractivity contribution < 1.29 is 28.3 Å². The molecule has 1 aromatic rings. The van der Waals surface area contributed by atoms with Crippen LogP contribution in [0.25, 0.3) is 0 Å². The number of nitro groups is 1. The highest BCUT2D eigenvalue weighted by molar-refractivity contribution is 5.91. The Bertz CT molecular complexity index is 475. The first kappa shape index (κ1) is 12.8. The predicted molar refractivity (Wildman–Crippen MR) is 51.4 cm³/mol. The zero-order chi connectivity index (χ0) is 13.2. The maximum Gasteiger partial charge on any atom is 0.387 e. The lowest BCUT2D eigenvalue weighted by Gasteiger charge is -2.08. The van der Waals surface area contributed by atoms with Crippen LogP contribution in [0.4, 0.5) is 14.5 Å². The number of rotatable bonds is 4. The van der Waals surface area contributed by atoms with Crippen LogP contribution in [0.15, 0.2) is 12.1 Å². The van der Waals surface area contributed by atoms with Crippen molar-refractivity contribution in [2.24, 2.45) is 0 Å². The Morgan fingerprint density at radius 1 is 1.53 bits per heavy atom. The molecular weight excluding hydrogens is 240 g/mol. The summed E-state index contributed by atoms with van der Waals surface area (Å²) in [6.45, 7) is -2.07. The van der Waals surface area contributed by atoms with Gasteiger partial charge in [-0.1, -0.05) is 0 Å². The molecule has 17 heavy (non-hydrogen) atoms. The number of nitro benzene ring substituents is 1. The Balaban J connectivity index is 3.39. The number of aromatic carboxylic acids is 1. The van der Waals surface area contributed by atoms with Crippen molar-refractivity contribution in [3.8, 4) is 5.75 Å². The van der Waals surface area contributed by atoms with Crippen molar-refractivity contribution >= 4 is 11.7 Å². The van der Waals surface area contributed by atoms with Gasteiger partial charge in [0.1, 0.15) is 0 Å². The van der Waals surface area contributed by atoms with Crippen molar-refractivity contribution in [1.29, 1.82) is 0 Å². The summed E-state index contributed by atoms with van der Waals surface area (Å²) in [7, 11) is 0. The summed E-state index contributed by atoms with van der Waals surface area (Å²) in [5.41, 5.74) is -1.34. The normalized spacial score (nSPS) is 10.4. The van der Waals surface area contributed by atoms with E-state index in [0.29, 0.717) is 0 Å². The van der Waals surface area contributed by atoms with Crippen LogP contribution in [0.2, 0.25) is 0 Å². The molecule has 0 radical (unpaired) electrons. The summed E-state index contributed by atoms with van der Waals surface area (Å²) in [5, 5.41) is 19.4. The first-order valence-corrected chi connectivity index (χ1v) is 4.30. The Morgan fingerprint density at radius 2 is 2.12 bits per heavy atom. The van der Waals surface area contributed by atoms with Gasteiger partial charge in [-0.05, 0) is 19.1 Å². The number of carbonyl (C=O) groups is 1. The molecule has 0 amide bonds. The van der Waals surface area contributed by atoms with Gasteiger partial charge in [0.05, 0.1) is 10.5 Å². The highest BCUT2D eigenvalue weighted by atomic mass is 19.3. The average molecular weight is 247 g/mol. The molecule has 0 heterocycles. The molecule has 6 nitrogen and oxygen atoms in total. The lowest BCUT2D eigenvalue weighted by molar-refractivity contribution is -0.387. The Morgan fingerprint density at radius 3 is 2.53 bits per heavy atom. The number of carboxylic acids is 1. The van der Waals surface area contributed by atoms with Gasteiger partial charge in [0.25, 0.3) is 0 Å². The third-order valence-corrected chi connectivity index (χ3v) is 2.02. The lowest BCUT2D eigenvalue weighted by atomic mass is 10.1. The zero-order valence-electron chi connectivity index (χ0n) is 8.52. The highest BCUT2D eigenvalue weighted by Gasteiger charge is 2.25. The molecule has 0 saturated carbocycles. The van der Waals surface area contributed by atoms with Crippen molar-refractivity contribution in [1.82, 2.24) is 0 Å². The van der Waals surface area contributed by atoms with Crippen molar-refractivity contribution in [2.75, 3.05) is 0 Å². The molecule has 0 aliphatic rings. The van der Waals surface area contributed by atoms with Crippen LogP contribution >= 0.6 is 0 Å². The Kier molecular flexibility index (Phi) is 3.56. The monoisotopic (exact) mass is 247 g/mol. The van der Waals surface area contributed by atoms with E-state index >= 15 is 0 Å². The fourth-order valence-corrected chi connectivity index (χ4v) is 1.32. The number of alkyl halides is 2. The van der Waals surface area contributed by atoms with Crippen LogP contribution in [-0.4, -0.2) is 22.6 Å². The first-order valence-electron chi connectivity index (χ1n) is 4.30. The number of nitrogens with zero attached hydrogens (tertiary/aromatic N) is 1. The molecular formula is C9H7F2NO5. The maximum absolute atomic E-state index is 12.0. The minimum atomic E-state index is -3.22. The smallest absolute Gasteiger partial charge is 0.387 e. The summed E-state index contributed by atoms with van der Waals surface area (Å²) in [6.07, 6.45) is 0. The topological polar surface area (TPSA) is 89.7 Å². The summed E-state index contributed by atoms with van der Waals surface area (Å²) >= 11 is 0. The third-order valence-electron chi connectivity index (χ3n) is 2.02. The Labute approximate surface area is 93.6 Å². The number of carboxylic acid groups (broad SMARTS) is 1. The molecule has 1 aromatic carbocycles. The average Bonchev–Trinajstić information content (AvgIpc) is 2.15. The van der Waals surface area contributed by atoms with Gasteiger partial charge in [-0.15, -0.1) is 0 Å². The molecule has 0 spiro atoms. The minimum Gasteiger partial charge on any atom is -0.478 e. The van der Waals surface area contributed by atoms with Gasteiger partial charge < -0.3 is 9.84 Å². The molecule has 1 N–H and O–H groups in total. The van der Waals surface area contributed by atoms with Crippen LogP contribution in [0.1, 0.15) is 15.9 Å². The van der Waals surface area contributed by atoms with Crippen LogP contribution in [0, 0.1) is 17.0 Å². The van der Waals surface area contributed by atoms with Gasteiger partial charge in [0.2, 0.25) is 5.75 Å². The molecule has 0 atom stereocenters. The van der Waals surface area contributed by atoms with Gasteiger partial charge in [-0.2, -0.15) is 8.78 Å². The maximum atomic E-state index is 12.0. The van der Waals surface area contributed by atoms with Crippen LogP contribution in [0.3, 0.4) is 0 Å². The molecule has 8 heteroatoms. The molecule has 0 aliphatic heterocycles. The largest absolute Gasteiger partial charge is 0.478 e. The fraction of sp³-hybridized carbons (Fsp3) is 0.222. The van der Waals surface area contributed by atoms with E-state index in [1.807, 2.05) is 0 Å². The number of benzene rings is 1. The van der Waals surface area contributed by atoms with E-state index in [4.69, 9.17) is 5.11 Å². The van der Waals surface area contributed by atoms with Crippen LogP contribution in [0.5, 0.6) is 5.75 Å². The second-order valence-electron chi connectivity index (χ2n) is 3.03. The van der Waals surface area contributed by atoms with E-state index in [2.05, 4.69) is 4.74 Å². The van der Waals surface area contributed by atoms with E-state index in [1.165, 1.54) is 0 Å². The van der Waals surface area contributed by atoms with Gasteiger partial charge in [-0.25, -0.2) is 4.79 Å². The van der Waals surface area contributed by atoms with Gasteiger partial charge in [0.15, 0.2) is 0 Å². The van der Waals surface area contributed by atoms with E-state index in [1.54, 1.807) is 0 Å². The number of halogens is 2. The second-order valence-corrected chi connectivity index (χ2v) is 3.03. The quantitative estimate of drug-likeness (QED) is 0.650. The highest BCUT2D eigenvalue weighted by Crippen LogP contribution is 2.33. The minimum absolute atomic E-state index is 0.236. The van der Waals surface area contributed by atoms with Gasteiger partial charge in [-0.3, -0.25) is 10.1 Å². The molecule has 1 rings (SSSR count). The predicted octanol–water partition coefficient (Wildman–Crippen LogP) is 2.20. The number of hydrogen-bond donors (Lipinski definition) is 1. The molecule has 0 fully saturated rings. The van der Waals surface area contributed by atoms with Gasteiger partial charge >= 0.3 is 18.3 Å². The number of ether oxygens (including phenoxy) is 1. The molecule has 0 aromatic heterocycles. The van der Waals surface area contributed by atoms with E-state index in [-0.39, 0.29) is 11.1 Å². The van der Waals surface area contributed by atoms with Crippen molar-refractivity contribution in [2.45, 2.75) is 13.5 Å². The summed E-state index contributed by atoms with van der Waals surface area (Å²) < 4.78 is 27.9. The molecule has 0 saturated heterocycles. The zero-order valence-corrected chi connectivity index (χ0v) is 8.52. The standard InChI is InChI=1S/C9H7F2NO5/c1-4-5(8(13)14)2-3-6(17-9(10)11)7(4)12(15)16/h2-3,9H,1H3,(H,13,14). The Hall–Kier alpha value is -2.25. The molecule has 0 unspecified atom stereocenters. The van der Waals surface area contributed by atoms with Crippen molar-refractivity contribution in [3.63, 3.8) is 0 Å². The molecule has 0 aliphatic carbocycles. The lowest BCUT2D eigenvalue weighted by Crippen LogP contribution is -2.08. The number of hydrogen-bond acceptors (Lipinski definition) is 4. The van der Waals surface area contributed by atoms with Crippen LogP contribution < -0.4 is 4.74 Å². The van der Waals surface area contributed by atoms with E-state index in [0.717, 1.165) is 19.1 Å². The SMILES string of the molecule is Cc1c(C(=O)O)ccc(OC(F)F)c1[N+](=O)[O-]. The summed E-state index contributed by atoms with van der Waals surface area (Å²) in [4.78, 5) is 20.4. The summed E-state index contributed by atoms with van der Waals surface area (Å²) in [5.74, 6) is -2.04.